The molecule has 0 saturated heterocycles. The van der Waals surface area contributed by atoms with Gasteiger partial charge in [-0.15, -0.1) is 0 Å². The van der Waals surface area contributed by atoms with Gasteiger partial charge >= 0.3 is 0 Å². The average molecular weight is 755 g/mol. The van der Waals surface area contributed by atoms with E-state index in [0.717, 1.165) is 45.1 Å². The Bertz CT molecular complexity index is 3540. The Morgan fingerprint density at radius 2 is 0.966 bits per heavy atom. The maximum absolute atomic E-state index is 4.71. The molecule has 0 unspecified atom stereocenters. The number of benzene rings is 8. The zero-order valence-corrected chi connectivity index (χ0v) is 32.3. The van der Waals surface area contributed by atoms with E-state index in [1.165, 1.54) is 59.9 Å². The highest BCUT2D eigenvalue weighted by molar-refractivity contribution is 6.27. The van der Waals surface area contributed by atoms with Crippen LogP contribution in [0.5, 0.6) is 0 Å². The van der Waals surface area contributed by atoms with Crippen LogP contribution in [0.2, 0.25) is 0 Å². The highest BCUT2D eigenvalue weighted by Gasteiger charge is 2.23. The van der Waals surface area contributed by atoms with Crippen molar-refractivity contribution in [2.75, 3.05) is 11.4 Å². The fourth-order valence-electron chi connectivity index (χ4n) is 9.66. The number of hydrogen-bond donors (Lipinski definition) is 0. The first-order chi connectivity index (χ1) is 29.2. The molecule has 0 saturated carbocycles. The lowest BCUT2D eigenvalue weighted by Crippen LogP contribution is -2.18. The third kappa shape index (κ3) is 5.03. The van der Waals surface area contributed by atoms with Crippen LogP contribution in [0.15, 0.2) is 213 Å². The minimum Gasteiger partial charge on any atom is -0.337 e. The Hall–Kier alpha value is -7.82. The molecule has 3 aromatic heterocycles. The van der Waals surface area contributed by atoms with Gasteiger partial charge in [0.1, 0.15) is 0 Å². The zero-order chi connectivity index (χ0) is 39.0. The van der Waals surface area contributed by atoms with Crippen molar-refractivity contribution in [1.82, 2.24) is 13.7 Å². The lowest BCUT2D eigenvalue weighted by Gasteiger charge is -2.26. The average Bonchev–Trinajstić information content (AvgIpc) is 3.94. The summed E-state index contributed by atoms with van der Waals surface area (Å²) >= 11 is 0. The van der Waals surface area contributed by atoms with Gasteiger partial charge < -0.3 is 18.6 Å². The summed E-state index contributed by atoms with van der Waals surface area (Å²) in [5.74, 6) is 0. The molecule has 0 aliphatic carbocycles. The predicted molar refractivity (Wildman–Crippen MR) is 250 cm³/mol. The second kappa shape index (κ2) is 13.1. The maximum Gasteiger partial charge on any atom is 0.0641 e. The van der Waals surface area contributed by atoms with Gasteiger partial charge in [0.15, 0.2) is 0 Å². The number of para-hydroxylation sites is 6. The van der Waals surface area contributed by atoms with Crippen LogP contribution in [0.3, 0.4) is 0 Å². The second-order valence-corrected chi connectivity index (χ2v) is 15.4. The Kier molecular flexibility index (Phi) is 7.41. The monoisotopic (exact) mass is 754 g/mol. The van der Waals surface area contributed by atoms with Crippen molar-refractivity contribution >= 4 is 88.1 Å². The maximum atomic E-state index is 4.71. The minimum atomic E-state index is 0.709. The highest BCUT2D eigenvalue weighted by Crippen LogP contribution is 2.44. The van der Waals surface area contributed by atoms with Gasteiger partial charge in [-0.25, -0.2) is 0 Å². The fourth-order valence-corrected chi connectivity index (χ4v) is 9.66. The normalized spacial score (nSPS) is 14.8. The Morgan fingerprint density at radius 3 is 1.73 bits per heavy atom. The number of allylic oxidation sites excluding steroid dienone is 4. The van der Waals surface area contributed by atoms with E-state index in [1.54, 1.807) is 0 Å². The second-order valence-electron chi connectivity index (χ2n) is 15.4. The van der Waals surface area contributed by atoms with Crippen molar-refractivity contribution in [3.63, 3.8) is 0 Å². The van der Waals surface area contributed by atoms with Crippen molar-refractivity contribution in [3.8, 4) is 11.4 Å². The lowest BCUT2D eigenvalue weighted by atomic mass is 10.0. The quantitative estimate of drug-likeness (QED) is 0.175. The lowest BCUT2D eigenvalue weighted by molar-refractivity contribution is 1.09. The van der Waals surface area contributed by atoms with Crippen LogP contribution < -0.4 is 4.90 Å². The third-order valence-corrected chi connectivity index (χ3v) is 12.2. The molecular weight excluding hydrogens is 717 g/mol. The summed E-state index contributed by atoms with van der Waals surface area (Å²) in [6.07, 6.45) is 6.84. The van der Waals surface area contributed by atoms with Gasteiger partial charge in [-0.3, -0.25) is 0 Å². The fraction of sp³-hybridized carbons (Fsp3) is 0.0182. The van der Waals surface area contributed by atoms with Crippen LogP contribution in [0.4, 0.5) is 11.4 Å². The number of aromatic nitrogens is 3. The van der Waals surface area contributed by atoms with E-state index in [9.17, 15) is 0 Å². The third-order valence-electron chi connectivity index (χ3n) is 12.2. The first-order valence-corrected chi connectivity index (χ1v) is 20.3. The van der Waals surface area contributed by atoms with Crippen LogP contribution >= 0.6 is 0 Å². The van der Waals surface area contributed by atoms with Gasteiger partial charge in [-0.2, -0.15) is 0 Å². The summed E-state index contributed by atoms with van der Waals surface area (Å²) < 4.78 is 7.31. The largest absolute Gasteiger partial charge is 0.337 e. The number of fused-ring (bicyclic) bond motifs is 11. The van der Waals surface area contributed by atoms with E-state index in [4.69, 9.17) is 6.58 Å². The number of hydrogen-bond acceptors (Lipinski definition) is 1. The summed E-state index contributed by atoms with van der Waals surface area (Å²) in [4.78, 5) is 2.37. The summed E-state index contributed by atoms with van der Waals surface area (Å²) in [6.45, 7) is 5.42. The molecule has 1 aliphatic rings. The van der Waals surface area contributed by atoms with Crippen molar-refractivity contribution < 1.29 is 0 Å². The summed E-state index contributed by atoms with van der Waals surface area (Å²) in [5, 5.41) is 7.37. The molecule has 0 bridgehead atoms. The molecule has 0 amide bonds. The van der Waals surface area contributed by atoms with Gasteiger partial charge in [0.05, 0.1) is 33.1 Å². The molecule has 4 heterocycles. The van der Waals surface area contributed by atoms with Crippen molar-refractivity contribution in [3.05, 3.63) is 218 Å². The van der Waals surface area contributed by atoms with Crippen molar-refractivity contribution in [2.45, 2.75) is 0 Å². The molecule has 4 heteroatoms. The van der Waals surface area contributed by atoms with Gasteiger partial charge in [0.25, 0.3) is 0 Å². The molecule has 278 valence electrons. The summed E-state index contributed by atoms with van der Waals surface area (Å²) in [5.41, 5.74) is 14.8. The van der Waals surface area contributed by atoms with E-state index in [0.29, 0.717) is 6.54 Å². The molecular formula is C55H38N4. The van der Waals surface area contributed by atoms with Gasteiger partial charge in [-0.05, 0) is 90.5 Å². The molecule has 4 nitrogen and oxygen atoms in total. The molecule has 8 aromatic carbocycles. The van der Waals surface area contributed by atoms with Crippen LogP contribution in [-0.4, -0.2) is 20.2 Å². The van der Waals surface area contributed by atoms with Gasteiger partial charge in [0, 0.05) is 72.9 Å². The molecule has 0 N–H and O–H groups in total. The number of anilines is 2. The Balaban J connectivity index is 1.12. The van der Waals surface area contributed by atoms with E-state index >= 15 is 0 Å². The molecule has 11 aromatic rings. The van der Waals surface area contributed by atoms with Crippen LogP contribution in [0.1, 0.15) is 5.56 Å². The highest BCUT2D eigenvalue weighted by atomic mass is 15.1. The molecule has 59 heavy (non-hydrogen) atoms. The van der Waals surface area contributed by atoms with Crippen LogP contribution in [0, 0.1) is 0 Å². The SMILES string of the molecule is C=C1/C=C(n2c3ccccc3c3ccc4c(c5ccccc5n4-c4ccc5c(c4)c4ccccc4n5-c4ccccc4)c32)\C=C/CN(c2ccccc2)c2ccccc21. The van der Waals surface area contributed by atoms with E-state index in [2.05, 4.69) is 225 Å². The van der Waals surface area contributed by atoms with E-state index in [1.807, 2.05) is 0 Å². The first-order valence-electron chi connectivity index (χ1n) is 20.3. The van der Waals surface area contributed by atoms with E-state index in [-0.39, 0.29) is 0 Å². The molecule has 0 fully saturated rings. The summed E-state index contributed by atoms with van der Waals surface area (Å²) in [6, 6.07) is 68.0. The smallest absolute Gasteiger partial charge is 0.0641 e. The Morgan fingerprint density at radius 1 is 0.407 bits per heavy atom. The molecule has 0 radical (unpaired) electrons. The summed E-state index contributed by atoms with van der Waals surface area (Å²) in [7, 11) is 0. The standard InChI is InChI=1S/C55H38N4/c1-37-35-40(21-16-34-56(38-17-4-2-5-18-38)48-26-12-8-22-42(37)48)59-50-28-14-9-23-43(50)45-31-33-53-54(55(45)59)46-25-11-15-29-51(46)58(53)41-30-32-52-47(36-41)44-24-10-13-27-49(44)57(52)39-19-6-3-7-20-39/h2-33,35-36H,1,34H2/b21-16-,40-35+. The van der Waals surface area contributed by atoms with Crippen molar-refractivity contribution in [2.24, 2.45) is 0 Å². The molecule has 1 aliphatic heterocycles. The minimum absolute atomic E-state index is 0.709. The van der Waals surface area contributed by atoms with Gasteiger partial charge in [-0.1, -0.05) is 128 Å². The van der Waals surface area contributed by atoms with E-state index < -0.39 is 0 Å². The zero-order valence-electron chi connectivity index (χ0n) is 32.3. The predicted octanol–water partition coefficient (Wildman–Crippen LogP) is 14.3. The molecule has 0 atom stereocenters. The Labute approximate surface area is 341 Å². The number of nitrogens with zero attached hydrogens (tertiary/aromatic N) is 4. The topological polar surface area (TPSA) is 18.0 Å². The van der Waals surface area contributed by atoms with Gasteiger partial charge in [0.2, 0.25) is 0 Å². The first kappa shape index (κ1) is 33.3. The number of rotatable bonds is 4. The molecule has 0 spiro atoms. The molecule has 12 rings (SSSR count). The van der Waals surface area contributed by atoms with Crippen LogP contribution in [0.25, 0.3) is 88.1 Å². The van der Waals surface area contributed by atoms with Crippen molar-refractivity contribution in [1.29, 1.82) is 0 Å². The van der Waals surface area contributed by atoms with Crippen LogP contribution in [-0.2, 0) is 0 Å².